The molecule has 32 heavy (non-hydrogen) atoms. The van der Waals surface area contributed by atoms with Crippen LogP contribution in [0.3, 0.4) is 0 Å². The largest absolute Gasteiger partial charge is 0.492 e. The number of esters is 1. The van der Waals surface area contributed by atoms with Crippen LogP contribution in [0.25, 0.3) is 11.3 Å². The lowest BCUT2D eigenvalue weighted by molar-refractivity contribution is -0.140. The smallest absolute Gasteiger partial charge is 0.305 e. The number of hydrogen-bond acceptors (Lipinski definition) is 5. The lowest BCUT2D eigenvalue weighted by Gasteiger charge is -2.24. The number of likely N-dealkylation sites (tertiary alicyclic amines) is 1. The van der Waals surface area contributed by atoms with E-state index >= 15 is 0 Å². The Kier molecular flexibility index (Phi) is 7.62. The minimum atomic E-state index is -0.134. The lowest BCUT2D eigenvalue weighted by atomic mass is 10.0. The van der Waals surface area contributed by atoms with Crippen LogP contribution in [-0.4, -0.2) is 43.7 Å². The predicted molar refractivity (Wildman–Crippen MR) is 125 cm³/mol. The van der Waals surface area contributed by atoms with Crippen LogP contribution in [0.2, 0.25) is 0 Å². The molecule has 1 aromatic heterocycles. The highest BCUT2D eigenvalue weighted by atomic mass is 16.5. The van der Waals surface area contributed by atoms with E-state index in [1.54, 1.807) is 6.26 Å². The van der Waals surface area contributed by atoms with Crippen molar-refractivity contribution in [2.75, 3.05) is 26.8 Å². The summed E-state index contributed by atoms with van der Waals surface area (Å²) in [5, 5.41) is 0. The maximum absolute atomic E-state index is 11.3. The molecular formula is C27H31NO4. The van der Waals surface area contributed by atoms with Crippen molar-refractivity contribution < 1.29 is 18.7 Å². The molecule has 2 heterocycles. The molecule has 1 unspecified atom stereocenters. The molecule has 1 atom stereocenters. The molecule has 1 fully saturated rings. The number of nitrogens with zero attached hydrogens (tertiary/aromatic N) is 1. The van der Waals surface area contributed by atoms with Gasteiger partial charge in [0.15, 0.2) is 0 Å². The highest BCUT2D eigenvalue weighted by Crippen LogP contribution is 2.23. The Labute approximate surface area is 189 Å². The van der Waals surface area contributed by atoms with Crippen LogP contribution in [-0.2, 0) is 16.0 Å². The second kappa shape index (κ2) is 11.0. The fourth-order valence-corrected chi connectivity index (χ4v) is 4.27. The van der Waals surface area contributed by atoms with Gasteiger partial charge in [0, 0.05) is 18.0 Å². The van der Waals surface area contributed by atoms with Gasteiger partial charge in [-0.05, 0) is 74.2 Å². The van der Waals surface area contributed by atoms with E-state index < -0.39 is 0 Å². The van der Waals surface area contributed by atoms with Gasteiger partial charge in [0.1, 0.15) is 18.1 Å². The number of carbonyl (C=O) groups excluding carboxylic acids is 1. The molecule has 5 nitrogen and oxygen atoms in total. The van der Waals surface area contributed by atoms with Crippen molar-refractivity contribution in [1.29, 1.82) is 0 Å². The number of hydrogen-bond donors (Lipinski definition) is 0. The second-order valence-electron chi connectivity index (χ2n) is 8.32. The van der Waals surface area contributed by atoms with E-state index in [9.17, 15) is 4.79 Å². The van der Waals surface area contributed by atoms with Crippen LogP contribution in [0.5, 0.6) is 5.75 Å². The summed E-state index contributed by atoms with van der Waals surface area (Å²) in [6.07, 6.45) is 6.22. The molecule has 0 N–H and O–H groups in total. The van der Waals surface area contributed by atoms with Crippen LogP contribution in [0, 0.1) is 0 Å². The van der Waals surface area contributed by atoms with E-state index in [1.165, 1.54) is 24.7 Å². The zero-order valence-corrected chi connectivity index (χ0v) is 18.7. The van der Waals surface area contributed by atoms with Gasteiger partial charge in [0.25, 0.3) is 0 Å². The molecule has 2 aromatic carbocycles. The lowest BCUT2D eigenvalue weighted by Crippen LogP contribution is -2.35. The molecule has 0 bridgehead atoms. The van der Waals surface area contributed by atoms with E-state index in [1.807, 2.05) is 12.1 Å². The summed E-state index contributed by atoms with van der Waals surface area (Å²) >= 11 is 0. The number of methoxy groups -OCH3 is 1. The number of carbonyl (C=O) groups is 1. The average molecular weight is 434 g/mol. The number of benzene rings is 2. The highest BCUT2D eigenvalue weighted by molar-refractivity contribution is 5.69. The Balaban J connectivity index is 1.24. The van der Waals surface area contributed by atoms with E-state index in [4.69, 9.17) is 13.9 Å². The highest BCUT2D eigenvalue weighted by Gasteiger charge is 2.24. The molecular weight excluding hydrogens is 402 g/mol. The maximum Gasteiger partial charge on any atom is 0.305 e. The summed E-state index contributed by atoms with van der Waals surface area (Å²) in [4.78, 5) is 13.7. The van der Waals surface area contributed by atoms with Gasteiger partial charge in [0.2, 0.25) is 0 Å². The molecule has 0 radical (unpaired) electrons. The fraction of sp³-hybridized carbons (Fsp3) is 0.370. The van der Waals surface area contributed by atoms with E-state index in [-0.39, 0.29) is 5.97 Å². The topological polar surface area (TPSA) is 51.9 Å². The summed E-state index contributed by atoms with van der Waals surface area (Å²) in [7, 11) is 1.44. The Morgan fingerprint density at radius 3 is 2.50 bits per heavy atom. The molecule has 3 aromatic rings. The minimum absolute atomic E-state index is 0.134. The zero-order chi connectivity index (χ0) is 22.2. The maximum atomic E-state index is 11.3. The minimum Gasteiger partial charge on any atom is -0.492 e. The fourth-order valence-electron chi connectivity index (χ4n) is 4.27. The second-order valence-corrected chi connectivity index (χ2v) is 8.32. The van der Waals surface area contributed by atoms with Gasteiger partial charge in [-0.2, -0.15) is 0 Å². The van der Waals surface area contributed by atoms with Crippen LogP contribution < -0.4 is 4.74 Å². The molecule has 168 valence electrons. The predicted octanol–water partition coefficient (Wildman–Crippen LogP) is 5.33. The summed E-state index contributed by atoms with van der Waals surface area (Å²) in [5.74, 6) is 1.66. The number of furan rings is 1. The normalized spacial score (nSPS) is 16.2. The van der Waals surface area contributed by atoms with Crippen LogP contribution in [0.15, 0.2) is 71.3 Å². The van der Waals surface area contributed by atoms with Crippen molar-refractivity contribution >= 4 is 5.97 Å². The molecule has 0 aliphatic carbocycles. The van der Waals surface area contributed by atoms with Crippen LogP contribution >= 0.6 is 0 Å². The number of rotatable bonds is 10. The summed E-state index contributed by atoms with van der Waals surface area (Å²) in [5.41, 5.74) is 3.62. The first kappa shape index (κ1) is 22.2. The molecule has 5 heteroatoms. The Hall–Kier alpha value is -3.05. The van der Waals surface area contributed by atoms with Crippen LogP contribution in [0.1, 0.15) is 36.8 Å². The molecule has 4 rings (SSSR count). The first-order valence-electron chi connectivity index (χ1n) is 11.4. The van der Waals surface area contributed by atoms with Gasteiger partial charge >= 0.3 is 5.97 Å². The van der Waals surface area contributed by atoms with E-state index in [0.29, 0.717) is 19.1 Å². The first-order chi connectivity index (χ1) is 15.7. The van der Waals surface area contributed by atoms with Crippen molar-refractivity contribution in [3.05, 3.63) is 78.1 Å². The molecule has 0 saturated carbocycles. The molecule has 0 amide bonds. The number of ether oxygens (including phenoxy) is 2. The molecule has 0 spiro atoms. The van der Waals surface area contributed by atoms with Gasteiger partial charge < -0.3 is 13.9 Å². The van der Waals surface area contributed by atoms with Gasteiger partial charge in [-0.3, -0.25) is 9.69 Å². The monoisotopic (exact) mass is 433 g/mol. The van der Waals surface area contributed by atoms with Crippen molar-refractivity contribution in [1.82, 2.24) is 4.90 Å². The quantitative estimate of drug-likeness (QED) is 0.404. The third-order valence-electron chi connectivity index (χ3n) is 6.09. The van der Waals surface area contributed by atoms with E-state index in [0.717, 1.165) is 49.4 Å². The van der Waals surface area contributed by atoms with Crippen molar-refractivity contribution in [3.63, 3.8) is 0 Å². The Bertz CT molecular complexity index is 964. The third-order valence-corrected chi connectivity index (χ3v) is 6.09. The SMILES string of the molecule is COC(=O)CCCN1CCCC1COc1ccc(Cc2ccc(-c3ccco3)cc2)cc1. The van der Waals surface area contributed by atoms with Gasteiger partial charge in [-0.15, -0.1) is 0 Å². The third kappa shape index (κ3) is 6.01. The van der Waals surface area contributed by atoms with Gasteiger partial charge in [-0.25, -0.2) is 0 Å². The molecule has 1 aliphatic heterocycles. The van der Waals surface area contributed by atoms with Crippen molar-refractivity contribution in [3.8, 4) is 17.1 Å². The Morgan fingerprint density at radius 1 is 1.06 bits per heavy atom. The van der Waals surface area contributed by atoms with Gasteiger partial charge in [-0.1, -0.05) is 36.4 Å². The summed E-state index contributed by atoms with van der Waals surface area (Å²) < 4.78 is 16.3. The Morgan fingerprint density at radius 2 is 1.81 bits per heavy atom. The van der Waals surface area contributed by atoms with Gasteiger partial charge in [0.05, 0.1) is 13.4 Å². The van der Waals surface area contributed by atoms with Crippen molar-refractivity contribution in [2.45, 2.75) is 38.1 Å². The average Bonchev–Trinajstić information content (AvgIpc) is 3.51. The first-order valence-corrected chi connectivity index (χ1v) is 11.4. The summed E-state index contributed by atoms with van der Waals surface area (Å²) in [6.45, 7) is 2.68. The summed E-state index contributed by atoms with van der Waals surface area (Å²) in [6, 6.07) is 21.2. The zero-order valence-electron chi connectivity index (χ0n) is 18.7. The van der Waals surface area contributed by atoms with E-state index in [2.05, 4.69) is 53.4 Å². The molecule has 1 aliphatic rings. The van der Waals surface area contributed by atoms with Crippen molar-refractivity contribution in [2.24, 2.45) is 0 Å². The molecule has 1 saturated heterocycles. The van der Waals surface area contributed by atoms with Crippen LogP contribution in [0.4, 0.5) is 0 Å². The standard InChI is InChI=1S/C27H31NO4/c1-30-27(29)7-3-17-28-16-2-5-24(28)20-32-25-14-10-22(11-15-25)19-21-8-12-23(13-9-21)26-6-4-18-31-26/h4,6,8-15,18,24H,2-3,5,7,16-17,19-20H2,1H3.